The standard InChI is InChI=1S/C20H28N2O3/c1-14(23)17-4-3-5-19(12-17)25-15(2)20(24)21-18-8-10-22(11-9-18)13-16-6-7-16/h3-5,12,15-16,18H,6-11,13H2,1-2H3,(H,21,24)/t15-/m1/s1. The van der Waals surface area contributed by atoms with Gasteiger partial charge in [0.1, 0.15) is 5.75 Å². The predicted octanol–water partition coefficient (Wildman–Crippen LogP) is 2.65. The van der Waals surface area contributed by atoms with Crippen molar-refractivity contribution in [1.82, 2.24) is 10.2 Å². The fraction of sp³-hybridized carbons (Fsp3) is 0.600. The minimum Gasteiger partial charge on any atom is -0.481 e. The van der Waals surface area contributed by atoms with Gasteiger partial charge >= 0.3 is 0 Å². The minimum absolute atomic E-state index is 0.0134. The number of Topliss-reactive ketones (excluding diaryl/α,β-unsaturated/α-hetero) is 1. The Kier molecular flexibility index (Phi) is 5.74. The number of likely N-dealkylation sites (tertiary alicyclic amines) is 1. The number of ketones is 1. The van der Waals surface area contributed by atoms with Crippen molar-refractivity contribution in [2.45, 2.75) is 51.7 Å². The first-order valence-corrected chi connectivity index (χ1v) is 9.31. The molecular weight excluding hydrogens is 316 g/mol. The minimum atomic E-state index is -0.577. The molecule has 1 aliphatic carbocycles. The van der Waals surface area contributed by atoms with Gasteiger partial charge in [-0.3, -0.25) is 9.59 Å². The lowest BCUT2D eigenvalue weighted by atomic mass is 10.0. The summed E-state index contributed by atoms with van der Waals surface area (Å²) in [6.07, 6.45) is 4.20. The molecule has 5 heteroatoms. The molecule has 1 saturated carbocycles. The number of amides is 1. The van der Waals surface area contributed by atoms with E-state index in [-0.39, 0.29) is 17.7 Å². The highest BCUT2D eigenvalue weighted by Gasteiger charge is 2.28. The Bertz CT molecular complexity index is 619. The van der Waals surface area contributed by atoms with Gasteiger partial charge in [-0.2, -0.15) is 0 Å². The predicted molar refractivity (Wildman–Crippen MR) is 96.9 cm³/mol. The summed E-state index contributed by atoms with van der Waals surface area (Å²) in [7, 11) is 0. The number of carbonyl (C=O) groups excluding carboxylic acids is 2. The van der Waals surface area contributed by atoms with Crippen LogP contribution in [0.2, 0.25) is 0 Å². The third kappa shape index (κ3) is 5.30. The molecule has 1 saturated heterocycles. The van der Waals surface area contributed by atoms with E-state index in [2.05, 4.69) is 10.2 Å². The maximum atomic E-state index is 12.4. The summed E-state index contributed by atoms with van der Waals surface area (Å²) in [6, 6.07) is 7.20. The molecule has 25 heavy (non-hydrogen) atoms. The maximum Gasteiger partial charge on any atom is 0.260 e. The lowest BCUT2D eigenvalue weighted by Crippen LogP contribution is -2.48. The van der Waals surface area contributed by atoms with Crippen molar-refractivity contribution in [2.75, 3.05) is 19.6 Å². The van der Waals surface area contributed by atoms with E-state index < -0.39 is 6.10 Å². The summed E-state index contributed by atoms with van der Waals surface area (Å²) >= 11 is 0. The summed E-state index contributed by atoms with van der Waals surface area (Å²) in [6.45, 7) is 6.63. The van der Waals surface area contributed by atoms with Crippen molar-refractivity contribution in [1.29, 1.82) is 0 Å². The molecule has 1 aromatic rings. The van der Waals surface area contributed by atoms with Crippen LogP contribution in [-0.4, -0.2) is 48.4 Å². The molecule has 0 unspecified atom stereocenters. The summed E-state index contributed by atoms with van der Waals surface area (Å²) < 4.78 is 5.72. The second-order valence-electron chi connectivity index (χ2n) is 7.37. The molecule has 2 aliphatic rings. The lowest BCUT2D eigenvalue weighted by molar-refractivity contribution is -0.128. The van der Waals surface area contributed by atoms with Crippen molar-refractivity contribution in [3.05, 3.63) is 29.8 Å². The molecule has 1 atom stereocenters. The van der Waals surface area contributed by atoms with E-state index in [9.17, 15) is 9.59 Å². The molecule has 0 radical (unpaired) electrons. The highest BCUT2D eigenvalue weighted by atomic mass is 16.5. The summed E-state index contributed by atoms with van der Waals surface area (Å²) in [5.41, 5.74) is 0.591. The van der Waals surface area contributed by atoms with Gasteiger partial charge in [0.15, 0.2) is 11.9 Å². The first-order chi connectivity index (χ1) is 12.0. The van der Waals surface area contributed by atoms with Crippen molar-refractivity contribution >= 4 is 11.7 Å². The van der Waals surface area contributed by atoms with E-state index in [1.165, 1.54) is 26.3 Å². The van der Waals surface area contributed by atoms with E-state index >= 15 is 0 Å². The number of rotatable bonds is 7. The third-order valence-electron chi connectivity index (χ3n) is 5.07. The number of hydrogen-bond acceptors (Lipinski definition) is 4. The number of carbonyl (C=O) groups is 2. The summed E-state index contributed by atoms with van der Waals surface area (Å²) in [5, 5.41) is 3.11. The van der Waals surface area contributed by atoms with E-state index in [1.807, 2.05) is 0 Å². The molecule has 1 N–H and O–H groups in total. The third-order valence-corrected chi connectivity index (χ3v) is 5.07. The summed E-state index contributed by atoms with van der Waals surface area (Å²) in [4.78, 5) is 26.3. The number of ether oxygens (including phenoxy) is 1. The largest absolute Gasteiger partial charge is 0.481 e. The van der Waals surface area contributed by atoms with Crippen molar-refractivity contribution in [2.24, 2.45) is 5.92 Å². The molecule has 3 rings (SSSR count). The molecule has 5 nitrogen and oxygen atoms in total. The van der Waals surface area contributed by atoms with Gasteiger partial charge in [-0.05, 0) is 57.6 Å². The number of piperidine rings is 1. The molecule has 0 spiro atoms. The molecule has 1 amide bonds. The Morgan fingerprint density at radius 3 is 2.60 bits per heavy atom. The van der Waals surface area contributed by atoms with E-state index in [0.29, 0.717) is 11.3 Å². The second kappa shape index (κ2) is 8.00. The number of nitrogens with zero attached hydrogens (tertiary/aromatic N) is 1. The Morgan fingerprint density at radius 2 is 1.96 bits per heavy atom. The van der Waals surface area contributed by atoms with Crippen LogP contribution in [0.25, 0.3) is 0 Å². The number of benzene rings is 1. The van der Waals surface area contributed by atoms with Crippen LogP contribution < -0.4 is 10.1 Å². The Hall–Kier alpha value is -1.88. The van der Waals surface area contributed by atoms with E-state index in [4.69, 9.17) is 4.74 Å². The topological polar surface area (TPSA) is 58.6 Å². The highest BCUT2D eigenvalue weighted by Crippen LogP contribution is 2.30. The lowest BCUT2D eigenvalue weighted by Gasteiger charge is -2.32. The smallest absolute Gasteiger partial charge is 0.260 e. The fourth-order valence-corrected chi connectivity index (χ4v) is 3.29. The fourth-order valence-electron chi connectivity index (χ4n) is 3.29. The second-order valence-corrected chi connectivity index (χ2v) is 7.37. The molecule has 136 valence electrons. The number of hydrogen-bond donors (Lipinski definition) is 1. The van der Waals surface area contributed by atoms with E-state index in [0.717, 1.165) is 31.8 Å². The van der Waals surface area contributed by atoms with Gasteiger partial charge in [0.05, 0.1) is 0 Å². The normalized spacial score (nSPS) is 20.1. The van der Waals surface area contributed by atoms with Crippen LogP contribution in [0.4, 0.5) is 0 Å². The number of nitrogens with one attached hydrogen (secondary N) is 1. The van der Waals surface area contributed by atoms with Crippen LogP contribution in [0.15, 0.2) is 24.3 Å². The first kappa shape index (κ1) is 17.9. The van der Waals surface area contributed by atoms with Gasteiger partial charge in [-0.15, -0.1) is 0 Å². The maximum absolute atomic E-state index is 12.4. The molecule has 1 aliphatic heterocycles. The van der Waals surface area contributed by atoms with Gasteiger partial charge in [0, 0.05) is 31.2 Å². The Labute approximate surface area is 149 Å². The van der Waals surface area contributed by atoms with Crippen molar-refractivity contribution in [3.8, 4) is 5.75 Å². The Balaban J connectivity index is 1.44. The molecule has 1 aromatic carbocycles. The van der Waals surface area contributed by atoms with Crippen molar-refractivity contribution in [3.63, 3.8) is 0 Å². The Morgan fingerprint density at radius 1 is 1.24 bits per heavy atom. The van der Waals surface area contributed by atoms with Gasteiger partial charge in [-0.25, -0.2) is 0 Å². The van der Waals surface area contributed by atoms with Gasteiger partial charge in [0.2, 0.25) is 0 Å². The molecule has 0 aromatic heterocycles. The molecule has 1 heterocycles. The van der Waals surface area contributed by atoms with Crippen LogP contribution >= 0.6 is 0 Å². The molecule has 0 bridgehead atoms. The quantitative estimate of drug-likeness (QED) is 0.773. The monoisotopic (exact) mass is 344 g/mol. The SMILES string of the molecule is CC(=O)c1cccc(O[C@H](C)C(=O)NC2CCN(CC3CC3)CC2)c1. The summed E-state index contributed by atoms with van der Waals surface area (Å²) in [5.74, 6) is 1.37. The average molecular weight is 344 g/mol. The first-order valence-electron chi connectivity index (χ1n) is 9.31. The van der Waals surface area contributed by atoms with Gasteiger partial charge in [0.25, 0.3) is 5.91 Å². The van der Waals surface area contributed by atoms with Crippen LogP contribution in [0.3, 0.4) is 0 Å². The molecule has 2 fully saturated rings. The zero-order valence-electron chi connectivity index (χ0n) is 15.2. The molecular formula is C20H28N2O3. The zero-order valence-corrected chi connectivity index (χ0v) is 15.2. The van der Waals surface area contributed by atoms with Crippen LogP contribution in [-0.2, 0) is 4.79 Å². The van der Waals surface area contributed by atoms with Gasteiger partial charge < -0.3 is 15.0 Å². The average Bonchev–Trinajstić information content (AvgIpc) is 3.41. The highest BCUT2D eigenvalue weighted by molar-refractivity contribution is 5.94. The van der Waals surface area contributed by atoms with Crippen LogP contribution in [0.1, 0.15) is 49.9 Å². The van der Waals surface area contributed by atoms with Crippen molar-refractivity contribution < 1.29 is 14.3 Å². The van der Waals surface area contributed by atoms with Gasteiger partial charge in [-0.1, -0.05) is 12.1 Å². The van der Waals surface area contributed by atoms with Crippen LogP contribution in [0.5, 0.6) is 5.75 Å². The zero-order chi connectivity index (χ0) is 17.8. The van der Waals surface area contributed by atoms with E-state index in [1.54, 1.807) is 31.2 Å². The van der Waals surface area contributed by atoms with Crippen LogP contribution in [0, 0.1) is 5.92 Å².